The van der Waals surface area contributed by atoms with Gasteiger partial charge < -0.3 is 5.32 Å². The second kappa shape index (κ2) is 7.41. The zero-order valence-electron chi connectivity index (χ0n) is 12.0. The molecule has 0 spiro atoms. The zero-order chi connectivity index (χ0) is 16.2. The van der Waals surface area contributed by atoms with E-state index in [-0.39, 0.29) is 5.82 Å². The van der Waals surface area contributed by atoms with E-state index in [1.165, 1.54) is 12.1 Å². The number of halogens is 3. The van der Waals surface area contributed by atoms with Crippen molar-refractivity contribution in [3.63, 3.8) is 0 Å². The third-order valence-corrected chi connectivity index (χ3v) is 4.81. The fourth-order valence-electron chi connectivity index (χ4n) is 2.10. The van der Waals surface area contributed by atoms with Crippen molar-refractivity contribution in [1.29, 1.82) is 0 Å². The SMILES string of the molecule is Fc1ccc(-c2nc(CNCc3ccc(Cl)cc3Cl)cs2)cc1. The summed E-state index contributed by atoms with van der Waals surface area (Å²) >= 11 is 13.6. The van der Waals surface area contributed by atoms with Crippen LogP contribution in [-0.2, 0) is 13.1 Å². The minimum Gasteiger partial charge on any atom is -0.307 e. The van der Waals surface area contributed by atoms with Gasteiger partial charge in [-0.3, -0.25) is 0 Å². The molecule has 2 nitrogen and oxygen atoms in total. The van der Waals surface area contributed by atoms with E-state index in [1.807, 2.05) is 17.5 Å². The van der Waals surface area contributed by atoms with Crippen LogP contribution in [0.3, 0.4) is 0 Å². The highest BCUT2D eigenvalue weighted by molar-refractivity contribution is 7.13. The number of aromatic nitrogens is 1. The molecule has 0 radical (unpaired) electrons. The lowest BCUT2D eigenvalue weighted by atomic mass is 10.2. The first-order valence-electron chi connectivity index (χ1n) is 6.97. The van der Waals surface area contributed by atoms with Crippen molar-refractivity contribution >= 4 is 34.5 Å². The van der Waals surface area contributed by atoms with Gasteiger partial charge in [-0.1, -0.05) is 29.3 Å². The van der Waals surface area contributed by atoms with E-state index in [2.05, 4.69) is 10.3 Å². The van der Waals surface area contributed by atoms with Crippen LogP contribution in [0.25, 0.3) is 10.6 Å². The van der Waals surface area contributed by atoms with Crippen molar-refractivity contribution in [2.24, 2.45) is 0 Å². The Morgan fingerprint density at radius 1 is 1.04 bits per heavy atom. The van der Waals surface area contributed by atoms with E-state index in [1.54, 1.807) is 29.5 Å². The lowest BCUT2D eigenvalue weighted by molar-refractivity contribution is 0.628. The summed E-state index contributed by atoms with van der Waals surface area (Å²) in [6.07, 6.45) is 0. The van der Waals surface area contributed by atoms with E-state index >= 15 is 0 Å². The van der Waals surface area contributed by atoms with Crippen LogP contribution >= 0.6 is 34.5 Å². The fourth-order valence-corrected chi connectivity index (χ4v) is 3.40. The van der Waals surface area contributed by atoms with Gasteiger partial charge in [-0.25, -0.2) is 9.37 Å². The molecule has 1 N–H and O–H groups in total. The first-order chi connectivity index (χ1) is 11.1. The first kappa shape index (κ1) is 16.4. The van der Waals surface area contributed by atoms with Crippen LogP contribution in [0.5, 0.6) is 0 Å². The average Bonchev–Trinajstić information content (AvgIpc) is 2.99. The number of hydrogen-bond donors (Lipinski definition) is 1. The Bertz CT molecular complexity index is 803. The molecule has 0 unspecified atom stereocenters. The summed E-state index contributed by atoms with van der Waals surface area (Å²) in [5.74, 6) is -0.243. The fraction of sp³-hybridized carbons (Fsp3) is 0.118. The molecule has 118 valence electrons. The van der Waals surface area contributed by atoms with Gasteiger partial charge in [0.1, 0.15) is 10.8 Å². The molecule has 0 aliphatic rings. The maximum atomic E-state index is 12.9. The molecule has 0 amide bonds. The topological polar surface area (TPSA) is 24.9 Å². The third kappa shape index (κ3) is 4.30. The van der Waals surface area contributed by atoms with Gasteiger partial charge in [0, 0.05) is 34.1 Å². The van der Waals surface area contributed by atoms with Gasteiger partial charge in [-0.05, 0) is 42.0 Å². The standard InChI is InChI=1S/C17H13Cl2FN2S/c18-13-4-1-12(16(19)7-13)8-21-9-15-10-23-17(22-15)11-2-5-14(20)6-3-11/h1-7,10,21H,8-9H2. The Kier molecular flexibility index (Phi) is 5.28. The third-order valence-electron chi connectivity index (χ3n) is 3.28. The van der Waals surface area contributed by atoms with Gasteiger partial charge in [-0.2, -0.15) is 0 Å². The smallest absolute Gasteiger partial charge is 0.123 e. The predicted molar refractivity (Wildman–Crippen MR) is 94.5 cm³/mol. The molecular weight excluding hydrogens is 354 g/mol. The van der Waals surface area contributed by atoms with Crippen molar-refractivity contribution in [3.8, 4) is 10.6 Å². The molecule has 0 saturated heterocycles. The van der Waals surface area contributed by atoms with Crippen LogP contribution < -0.4 is 5.32 Å². The van der Waals surface area contributed by atoms with Crippen LogP contribution in [0.15, 0.2) is 47.8 Å². The van der Waals surface area contributed by atoms with E-state index in [0.717, 1.165) is 21.8 Å². The molecule has 6 heteroatoms. The van der Waals surface area contributed by atoms with Gasteiger partial charge >= 0.3 is 0 Å². The number of benzene rings is 2. The van der Waals surface area contributed by atoms with Gasteiger partial charge in [0.05, 0.1) is 5.69 Å². The van der Waals surface area contributed by atoms with Gasteiger partial charge in [0.2, 0.25) is 0 Å². The highest BCUT2D eigenvalue weighted by Gasteiger charge is 2.06. The van der Waals surface area contributed by atoms with Crippen LogP contribution in [0.4, 0.5) is 4.39 Å². The van der Waals surface area contributed by atoms with E-state index in [0.29, 0.717) is 23.1 Å². The number of thiazole rings is 1. The predicted octanol–water partition coefficient (Wildman–Crippen LogP) is 5.55. The number of hydrogen-bond acceptors (Lipinski definition) is 3. The summed E-state index contributed by atoms with van der Waals surface area (Å²) in [6, 6.07) is 11.8. The van der Waals surface area contributed by atoms with Crippen molar-refractivity contribution in [3.05, 3.63) is 75.0 Å². The maximum absolute atomic E-state index is 12.9. The Balaban J connectivity index is 1.60. The average molecular weight is 367 g/mol. The number of rotatable bonds is 5. The Labute approximate surface area is 147 Å². The summed E-state index contributed by atoms with van der Waals surface area (Å²) in [5.41, 5.74) is 2.85. The number of nitrogens with one attached hydrogen (secondary N) is 1. The van der Waals surface area contributed by atoms with Gasteiger partial charge in [-0.15, -0.1) is 11.3 Å². The van der Waals surface area contributed by atoms with Crippen LogP contribution in [-0.4, -0.2) is 4.98 Å². The summed E-state index contributed by atoms with van der Waals surface area (Å²) in [6.45, 7) is 1.27. The molecule has 0 fully saturated rings. The highest BCUT2D eigenvalue weighted by Crippen LogP contribution is 2.24. The van der Waals surface area contributed by atoms with Crippen molar-refractivity contribution in [2.75, 3.05) is 0 Å². The van der Waals surface area contributed by atoms with Crippen molar-refractivity contribution in [2.45, 2.75) is 13.1 Å². The van der Waals surface area contributed by atoms with E-state index < -0.39 is 0 Å². The minimum absolute atomic E-state index is 0.243. The normalized spacial score (nSPS) is 10.9. The quantitative estimate of drug-likeness (QED) is 0.640. The molecule has 0 saturated carbocycles. The van der Waals surface area contributed by atoms with E-state index in [9.17, 15) is 4.39 Å². The second-order valence-electron chi connectivity index (χ2n) is 4.99. The summed E-state index contributed by atoms with van der Waals surface area (Å²) in [7, 11) is 0. The molecule has 0 atom stereocenters. The maximum Gasteiger partial charge on any atom is 0.123 e. The molecule has 3 rings (SSSR count). The van der Waals surface area contributed by atoms with Crippen LogP contribution in [0.1, 0.15) is 11.3 Å². The molecule has 2 aromatic carbocycles. The molecule has 3 aromatic rings. The van der Waals surface area contributed by atoms with Gasteiger partial charge in [0.25, 0.3) is 0 Å². The minimum atomic E-state index is -0.243. The molecule has 23 heavy (non-hydrogen) atoms. The number of nitrogens with zero attached hydrogens (tertiary/aromatic N) is 1. The van der Waals surface area contributed by atoms with Crippen LogP contribution in [0.2, 0.25) is 10.0 Å². The zero-order valence-corrected chi connectivity index (χ0v) is 14.4. The summed E-state index contributed by atoms with van der Waals surface area (Å²) < 4.78 is 12.9. The molecule has 1 heterocycles. The van der Waals surface area contributed by atoms with Crippen molar-refractivity contribution < 1.29 is 4.39 Å². The molecule has 0 aliphatic heterocycles. The lowest BCUT2D eigenvalue weighted by Crippen LogP contribution is -2.13. The second-order valence-corrected chi connectivity index (χ2v) is 6.69. The molecule has 0 aliphatic carbocycles. The van der Waals surface area contributed by atoms with Crippen LogP contribution in [0, 0.1) is 5.82 Å². The first-order valence-corrected chi connectivity index (χ1v) is 8.60. The molecule has 1 aromatic heterocycles. The molecule has 0 bridgehead atoms. The highest BCUT2D eigenvalue weighted by atomic mass is 35.5. The Morgan fingerprint density at radius 3 is 2.57 bits per heavy atom. The Hall–Kier alpha value is -1.46. The summed E-state index contributed by atoms with van der Waals surface area (Å²) in [5, 5.41) is 7.46. The van der Waals surface area contributed by atoms with Gasteiger partial charge in [0.15, 0.2) is 0 Å². The summed E-state index contributed by atoms with van der Waals surface area (Å²) in [4.78, 5) is 4.56. The largest absolute Gasteiger partial charge is 0.307 e. The Morgan fingerprint density at radius 2 is 1.83 bits per heavy atom. The lowest BCUT2D eigenvalue weighted by Gasteiger charge is -2.05. The van der Waals surface area contributed by atoms with Crippen molar-refractivity contribution in [1.82, 2.24) is 10.3 Å². The molecular formula is C17H13Cl2FN2S. The monoisotopic (exact) mass is 366 g/mol. The van der Waals surface area contributed by atoms with E-state index in [4.69, 9.17) is 23.2 Å².